The van der Waals surface area contributed by atoms with E-state index in [2.05, 4.69) is 0 Å². The second-order valence-electron chi connectivity index (χ2n) is 2.38. The van der Waals surface area contributed by atoms with Crippen molar-refractivity contribution in [2.75, 3.05) is 0 Å². The summed E-state index contributed by atoms with van der Waals surface area (Å²) in [7, 11) is 0. The maximum atomic E-state index is 12.0. The molecule has 0 fully saturated rings. The van der Waals surface area contributed by atoms with E-state index in [9.17, 15) is 47.3 Å². The maximum absolute atomic E-state index is 12.0. The van der Waals surface area contributed by atoms with Crippen LogP contribution in [-0.4, -0.2) is 23.3 Å². The summed E-state index contributed by atoms with van der Waals surface area (Å²) in [6.45, 7) is 0. The Labute approximate surface area is 83.3 Å². The van der Waals surface area contributed by atoms with Crippen LogP contribution < -0.4 is 0 Å². The number of halogens is 11. The molecule has 0 bridgehead atoms. The number of rotatable bonds is 3. The van der Waals surface area contributed by atoms with Gasteiger partial charge in [0.25, 0.3) is 0 Å². The van der Waals surface area contributed by atoms with Crippen molar-refractivity contribution >= 4 is 11.7 Å². The van der Waals surface area contributed by atoms with Crippen LogP contribution in [0.3, 0.4) is 0 Å². The molecule has 0 aliphatic heterocycles. The lowest BCUT2D eigenvalue weighted by atomic mass is 10.1. The minimum atomic E-state index is -7.26. The lowest BCUT2D eigenvalue weighted by molar-refractivity contribution is -0.382. The van der Waals surface area contributed by atoms with Crippen molar-refractivity contribution in [3.05, 3.63) is 0 Å². The number of alkyl halides is 9. The van der Waals surface area contributed by atoms with Crippen molar-refractivity contribution in [3.63, 3.8) is 0 Å². The molecule has 0 aliphatic carbocycles. The zero-order valence-electron chi connectivity index (χ0n) is 6.57. The van der Waals surface area contributed by atoms with Crippen molar-refractivity contribution in [1.82, 2.24) is 0 Å². The molecule has 0 heterocycles. The minimum absolute atomic E-state index is 5.64. The van der Waals surface area contributed by atoms with Crippen LogP contribution in [0.25, 0.3) is 0 Å². The first-order valence-corrected chi connectivity index (χ1v) is 3.99. The monoisotopic (exact) mass is 289 g/mol. The van der Waals surface area contributed by atoms with Crippen LogP contribution >= 0.6 is 0 Å². The third kappa shape index (κ3) is 2.02. The first-order valence-electron chi connectivity index (χ1n) is 2.96. The molecule has 16 heavy (non-hydrogen) atoms. The minimum Gasteiger partial charge on any atom is -0.189 e. The Morgan fingerprint density at radius 2 is 0.875 bits per heavy atom. The van der Waals surface area contributed by atoms with Crippen LogP contribution in [0.5, 0.6) is 0 Å². The predicted molar refractivity (Wildman–Crippen MR) is 30.5 cm³/mol. The van der Waals surface area contributed by atoms with Gasteiger partial charge < -0.3 is 0 Å². The fraction of sp³-hybridized carbons (Fsp3) is 1.00. The van der Waals surface area contributed by atoms with Gasteiger partial charge in [-0.15, -0.1) is 8.78 Å². The van der Waals surface area contributed by atoms with Gasteiger partial charge in [0.1, 0.15) is 0 Å². The van der Waals surface area contributed by atoms with E-state index >= 15 is 0 Å². The second-order valence-corrected chi connectivity index (χ2v) is 3.31. The lowest BCUT2D eigenvalue weighted by Gasteiger charge is -2.27. The van der Waals surface area contributed by atoms with E-state index < -0.39 is 34.9 Å². The van der Waals surface area contributed by atoms with E-state index in [1.165, 1.54) is 0 Å². The van der Waals surface area contributed by atoms with E-state index in [0.717, 1.165) is 0 Å². The quantitative estimate of drug-likeness (QED) is 0.547. The molecule has 0 radical (unpaired) electrons. The third-order valence-electron chi connectivity index (χ3n) is 1.31. The first-order chi connectivity index (χ1) is 6.69. The van der Waals surface area contributed by atoms with E-state index in [1.807, 2.05) is 0 Å². The van der Waals surface area contributed by atoms with Gasteiger partial charge in [0.05, 0.1) is 7.77 Å². The molecule has 12 heteroatoms. The van der Waals surface area contributed by atoms with E-state index in [1.54, 1.807) is 0 Å². The molecule has 0 saturated heterocycles. The Morgan fingerprint density at radius 1 is 0.562 bits per heavy atom. The van der Waals surface area contributed by atoms with Crippen LogP contribution in [0.2, 0.25) is 0 Å². The van der Waals surface area contributed by atoms with Gasteiger partial charge in [-0.2, -0.15) is 30.7 Å². The third-order valence-corrected chi connectivity index (χ3v) is 1.95. The van der Waals surface area contributed by atoms with Crippen molar-refractivity contribution in [2.24, 2.45) is 0 Å². The molecule has 0 aromatic rings. The van der Waals surface area contributed by atoms with Gasteiger partial charge in [-0.1, -0.05) is 0 Å². The Balaban J connectivity index is 5.53. The SMILES string of the molecule is F[S+](F)C(F)(F)C(F)(F)C(F)(F)C(F)(F)F. The Morgan fingerprint density at radius 3 is 1.06 bits per heavy atom. The highest BCUT2D eigenvalue weighted by Gasteiger charge is 2.90. The molecule has 0 aliphatic rings. The molecule has 0 N–H and O–H groups in total. The summed E-state index contributed by atoms with van der Waals surface area (Å²) in [5.74, 6) is -14.5. The fourth-order valence-electron chi connectivity index (χ4n) is 0.458. The van der Waals surface area contributed by atoms with Gasteiger partial charge in [-0.05, 0) is 0 Å². The van der Waals surface area contributed by atoms with Gasteiger partial charge in [-0.25, -0.2) is 0 Å². The summed E-state index contributed by atoms with van der Waals surface area (Å²) in [4.78, 5) is 0. The van der Waals surface area contributed by atoms with Crippen LogP contribution in [0, 0.1) is 0 Å². The summed E-state index contributed by atoms with van der Waals surface area (Å²) in [6, 6.07) is 0. The lowest BCUT2D eigenvalue weighted by Crippen LogP contribution is -2.62. The smallest absolute Gasteiger partial charge is 0.189 e. The number of hydrogen-bond donors (Lipinski definition) is 0. The normalized spacial score (nSPS) is 15.8. The van der Waals surface area contributed by atoms with E-state index in [4.69, 9.17) is 0 Å². The number of hydrogen-bond acceptors (Lipinski definition) is 0. The zero-order chi connectivity index (χ0) is 13.6. The predicted octanol–water partition coefficient (Wildman–Crippen LogP) is 3.80. The van der Waals surface area contributed by atoms with Crippen LogP contribution in [0.4, 0.5) is 47.3 Å². The molecule has 0 aromatic heterocycles. The molecule has 0 nitrogen and oxygen atoms in total. The highest BCUT2D eigenvalue weighted by atomic mass is 32.3. The molecule has 0 rings (SSSR count). The van der Waals surface area contributed by atoms with Gasteiger partial charge in [0, 0.05) is 0 Å². The average Bonchev–Trinajstić information content (AvgIpc) is 2.00. The molecule has 0 spiro atoms. The summed E-state index contributed by atoms with van der Waals surface area (Å²) in [5, 5.41) is -6.77. The van der Waals surface area contributed by atoms with Crippen molar-refractivity contribution < 1.29 is 47.3 Å². The molecule has 0 atom stereocenters. The molecular weight excluding hydrogens is 289 g/mol. The molecule has 0 saturated carbocycles. The maximum Gasteiger partial charge on any atom is 0.560 e. The Bertz CT molecular complexity index is 251. The fourth-order valence-corrected chi connectivity index (χ4v) is 0.780. The van der Waals surface area contributed by atoms with E-state index in [0.29, 0.717) is 0 Å². The highest BCUT2D eigenvalue weighted by molar-refractivity contribution is 7.88. The largest absolute Gasteiger partial charge is 0.560 e. The summed E-state index contributed by atoms with van der Waals surface area (Å²) in [6.07, 6.45) is -7.07. The Hall–Kier alpha value is -0.420. The average molecular weight is 289 g/mol. The van der Waals surface area contributed by atoms with Crippen molar-refractivity contribution in [2.45, 2.75) is 23.3 Å². The summed E-state index contributed by atoms with van der Waals surface area (Å²) in [5.41, 5.74) is 0. The molecule has 0 aromatic carbocycles. The van der Waals surface area contributed by atoms with Crippen molar-refractivity contribution in [1.29, 1.82) is 0 Å². The summed E-state index contributed by atoms with van der Waals surface area (Å²) < 4.78 is 128. The molecule has 0 amide bonds. The first kappa shape index (κ1) is 15.6. The Kier molecular flexibility index (Phi) is 3.71. The van der Waals surface area contributed by atoms with Crippen LogP contribution in [-0.2, 0) is 11.7 Å². The zero-order valence-corrected chi connectivity index (χ0v) is 7.38. The molecule has 98 valence electrons. The van der Waals surface area contributed by atoms with Gasteiger partial charge in [0.15, 0.2) is 0 Å². The molecular formula is C4F11S+. The van der Waals surface area contributed by atoms with Crippen molar-refractivity contribution in [3.8, 4) is 0 Å². The highest BCUT2D eigenvalue weighted by Crippen LogP contribution is 2.55. The standard InChI is InChI=1S/C4F11S/c5-1(6,3(9,10)11)2(7,8)4(12,13)16(14)15/q+1. The van der Waals surface area contributed by atoms with E-state index in [-0.39, 0.29) is 0 Å². The van der Waals surface area contributed by atoms with Crippen LogP contribution in [0.1, 0.15) is 0 Å². The topological polar surface area (TPSA) is 0 Å². The van der Waals surface area contributed by atoms with Gasteiger partial charge in [-0.3, -0.25) is 0 Å². The van der Waals surface area contributed by atoms with Crippen LogP contribution in [0.15, 0.2) is 0 Å². The summed E-state index contributed by atoms with van der Waals surface area (Å²) >= 11 is -5.64. The second kappa shape index (κ2) is 3.81. The molecule has 0 unspecified atom stereocenters. The van der Waals surface area contributed by atoms with Gasteiger partial charge >= 0.3 is 34.9 Å². The van der Waals surface area contributed by atoms with Gasteiger partial charge in [0.2, 0.25) is 0 Å².